The molecule has 0 aliphatic carbocycles. The van der Waals surface area contributed by atoms with E-state index in [1.54, 1.807) is 6.33 Å². The molecule has 0 spiro atoms. The van der Waals surface area contributed by atoms with Crippen molar-refractivity contribution in [3.63, 3.8) is 0 Å². The van der Waals surface area contributed by atoms with E-state index in [-0.39, 0.29) is 18.1 Å². The summed E-state index contributed by atoms with van der Waals surface area (Å²) in [5, 5.41) is 3.20. The number of hydrogen-bond acceptors (Lipinski definition) is 5. The predicted molar refractivity (Wildman–Crippen MR) is 69.5 cm³/mol. The monoisotopic (exact) mass is 264 g/mol. The van der Waals surface area contributed by atoms with E-state index < -0.39 is 0 Å². The van der Waals surface area contributed by atoms with E-state index in [1.165, 1.54) is 0 Å². The fourth-order valence-corrected chi connectivity index (χ4v) is 2.68. The molecule has 0 aromatic carbocycles. The van der Waals surface area contributed by atoms with Gasteiger partial charge in [0, 0.05) is 26.1 Å². The summed E-state index contributed by atoms with van der Waals surface area (Å²) in [6, 6.07) is -0.254. The number of rotatable bonds is 2. The van der Waals surface area contributed by atoms with Gasteiger partial charge in [0.1, 0.15) is 12.1 Å². The molecule has 19 heavy (non-hydrogen) atoms. The van der Waals surface area contributed by atoms with Crippen molar-refractivity contribution in [2.45, 2.75) is 38.0 Å². The van der Waals surface area contributed by atoms with Gasteiger partial charge in [-0.15, -0.1) is 0 Å². The summed E-state index contributed by atoms with van der Waals surface area (Å²) in [6.45, 7) is 2.65. The highest BCUT2D eigenvalue weighted by Gasteiger charge is 2.29. The Morgan fingerprint density at radius 2 is 2.26 bits per heavy atom. The molecule has 1 atom stereocenters. The lowest BCUT2D eigenvalue weighted by atomic mass is 10.0. The lowest BCUT2D eigenvalue weighted by Crippen LogP contribution is -2.45. The largest absolute Gasteiger partial charge is 0.461 e. The van der Waals surface area contributed by atoms with Crippen LogP contribution in [0, 0.1) is 0 Å². The van der Waals surface area contributed by atoms with Crippen LogP contribution in [-0.4, -0.2) is 53.1 Å². The molecule has 1 aromatic heterocycles. The minimum Gasteiger partial charge on any atom is -0.461 e. The van der Waals surface area contributed by atoms with E-state index in [1.807, 2.05) is 0 Å². The molecule has 2 N–H and O–H groups in total. The fourth-order valence-electron chi connectivity index (χ4n) is 2.68. The highest BCUT2D eigenvalue weighted by molar-refractivity contribution is 5.76. The van der Waals surface area contributed by atoms with Crippen LogP contribution in [0.4, 0.5) is 0 Å². The summed E-state index contributed by atoms with van der Waals surface area (Å²) in [4.78, 5) is 21.7. The minimum atomic E-state index is -0.254. The molecule has 2 aliphatic rings. The van der Waals surface area contributed by atoms with Crippen molar-refractivity contribution in [3.05, 3.63) is 17.7 Å². The fraction of sp³-hybridized carbons (Fsp3) is 0.692. The average Bonchev–Trinajstić information content (AvgIpc) is 2.88. The van der Waals surface area contributed by atoms with Gasteiger partial charge in [0.2, 0.25) is 0 Å². The summed E-state index contributed by atoms with van der Waals surface area (Å²) >= 11 is 0. The van der Waals surface area contributed by atoms with Gasteiger partial charge in [0.25, 0.3) is 0 Å². The first kappa shape index (κ1) is 12.6. The molecule has 6 heteroatoms. The zero-order chi connectivity index (χ0) is 13.2. The van der Waals surface area contributed by atoms with Crippen molar-refractivity contribution in [1.29, 1.82) is 0 Å². The molecular weight excluding hydrogens is 244 g/mol. The third kappa shape index (κ3) is 2.79. The maximum Gasteiger partial charge on any atom is 0.323 e. The number of imidazole rings is 1. The number of fused-ring (bicyclic) bond motifs is 1. The Labute approximate surface area is 112 Å². The Hall–Kier alpha value is -1.40. The van der Waals surface area contributed by atoms with Gasteiger partial charge in [-0.2, -0.15) is 0 Å². The van der Waals surface area contributed by atoms with E-state index >= 15 is 0 Å². The van der Waals surface area contributed by atoms with Gasteiger partial charge in [-0.05, 0) is 19.9 Å². The topological polar surface area (TPSA) is 70.2 Å². The second-order valence-corrected chi connectivity index (χ2v) is 5.40. The zero-order valence-electron chi connectivity index (χ0n) is 11.2. The first-order valence-electron chi connectivity index (χ1n) is 6.86. The van der Waals surface area contributed by atoms with Gasteiger partial charge in [-0.25, -0.2) is 4.98 Å². The van der Waals surface area contributed by atoms with Gasteiger partial charge in [-0.1, -0.05) is 0 Å². The van der Waals surface area contributed by atoms with E-state index in [9.17, 15) is 4.79 Å². The van der Waals surface area contributed by atoms with E-state index in [0.29, 0.717) is 13.0 Å². The Balaban J connectivity index is 1.54. The molecule has 104 valence electrons. The minimum absolute atomic E-state index is 0.0751. The molecule has 0 radical (unpaired) electrons. The smallest absolute Gasteiger partial charge is 0.323 e. The maximum atomic E-state index is 12.1. The Bertz CT molecular complexity index is 451. The number of hydrogen-bond donors (Lipinski definition) is 2. The number of piperidine rings is 1. The van der Waals surface area contributed by atoms with Crippen molar-refractivity contribution in [3.8, 4) is 0 Å². The van der Waals surface area contributed by atoms with Gasteiger partial charge in [0.05, 0.1) is 17.7 Å². The van der Waals surface area contributed by atoms with Gasteiger partial charge < -0.3 is 14.6 Å². The first-order chi connectivity index (χ1) is 9.22. The number of likely N-dealkylation sites (tertiary alicyclic amines) is 1. The van der Waals surface area contributed by atoms with E-state index in [2.05, 4.69) is 27.2 Å². The predicted octanol–water partition coefficient (Wildman–Crippen LogP) is 0.0614. The summed E-state index contributed by atoms with van der Waals surface area (Å²) in [6.07, 6.45) is 4.23. The lowest BCUT2D eigenvalue weighted by Gasteiger charge is -2.30. The number of esters is 1. The van der Waals surface area contributed by atoms with Crippen LogP contribution in [0.1, 0.15) is 24.2 Å². The number of carbonyl (C=O) groups excluding carboxylic acids is 1. The van der Waals surface area contributed by atoms with Crippen molar-refractivity contribution in [2.75, 3.05) is 20.1 Å². The molecular formula is C13H20N4O2. The molecule has 0 saturated carbocycles. The number of nitrogens with zero attached hydrogens (tertiary/aromatic N) is 2. The van der Waals surface area contributed by atoms with Crippen LogP contribution in [0.2, 0.25) is 0 Å². The lowest BCUT2D eigenvalue weighted by molar-refractivity contribution is -0.153. The Morgan fingerprint density at radius 3 is 3.05 bits per heavy atom. The zero-order valence-corrected chi connectivity index (χ0v) is 11.2. The summed E-state index contributed by atoms with van der Waals surface area (Å²) in [7, 11) is 2.10. The average molecular weight is 264 g/mol. The summed E-state index contributed by atoms with van der Waals surface area (Å²) < 4.78 is 5.60. The number of aromatic amines is 1. The maximum absolute atomic E-state index is 12.1. The third-order valence-corrected chi connectivity index (χ3v) is 3.96. The Kier molecular flexibility index (Phi) is 3.52. The molecule has 1 aromatic rings. The van der Waals surface area contributed by atoms with Crippen molar-refractivity contribution in [1.82, 2.24) is 20.2 Å². The number of nitrogens with one attached hydrogen (secondary N) is 2. The van der Waals surface area contributed by atoms with Crippen LogP contribution in [0.15, 0.2) is 6.33 Å². The molecule has 3 heterocycles. The van der Waals surface area contributed by atoms with Crippen LogP contribution in [-0.2, 0) is 22.5 Å². The van der Waals surface area contributed by atoms with Gasteiger partial charge >= 0.3 is 5.97 Å². The molecule has 1 unspecified atom stereocenters. The van der Waals surface area contributed by atoms with Crippen LogP contribution in [0.5, 0.6) is 0 Å². The van der Waals surface area contributed by atoms with Crippen LogP contribution in [0.25, 0.3) is 0 Å². The van der Waals surface area contributed by atoms with E-state index in [4.69, 9.17) is 4.74 Å². The highest BCUT2D eigenvalue weighted by atomic mass is 16.5. The van der Waals surface area contributed by atoms with Crippen molar-refractivity contribution in [2.24, 2.45) is 0 Å². The second-order valence-electron chi connectivity index (χ2n) is 5.40. The third-order valence-electron chi connectivity index (χ3n) is 3.96. The molecule has 0 bridgehead atoms. The molecule has 1 saturated heterocycles. The SMILES string of the molecule is CN1CCC(OC(=O)C2Cc3nc[nH]c3CN2)CC1. The number of H-pyrrole nitrogens is 1. The Morgan fingerprint density at radius 1 is 1.47 bits per heavy atom. The second kappa shape index (κ2) is 5.30. The number of carbonyl (C=O) groups is 1. The van der Waals surface area contributed by atoms with Crippen molar-refractivity contribution >= 4 is 5.97 Å². The summed E-state index contributed by atoms with van der Waals surface area (Å²) in [5.41, 5.74) is 2.05. The van der Waals surface area contributed by atoms with Crippen LogP contribution in [0.3, 0.4) is 0 Å². The molecule has 2 aliphatic heterocycles. The molecule has 1 fully saturated rings. The highest BCUT2D eigenvalue weighted by Crippen LogP contribution is 2.16. The van der Waals surface area contributed by atoms with Gasteiger partial charge in [0.15, 0.2) is 0 Å². The van der Waals surface area contributed by atoms with Crippen molar-refractivity contribution < 1.29 is 9.53 Å². The number of aromatic nitrogens is 2. The number of ether oxygens (including phenoxy) is 1. The van der Waals surface area contributed by atoms with Crippen LogP contribution < -0.4 is 5.32 Å². The standard InChI is InChI=1S/C13H20N4O2/c1-17-4-2-9(3-5-17)19-13(18)11-6-10-12(7-14-11)16-8-15-10/h8-9,11,14H,2-7H2,1H3,(H,15,16). The molecule has 3 rings (SSSR count). The first-order valence-corrected chi connectivity index (χ1v) is 6.86. The quantitative estimate of drug-likeness (QED) is 0.739. The summed E-state index contributed by atoms with van der Waals surface area (Å²) in [5.74, 6) is -0.136. The van der Waals surface area contributed by atoms with Crippen LogP contribution >= 0.6 is 0 Å². The van der Waals surface area contributed by atoms with Gasteiger partial charge in [-0.3, -0.25) is 10.1 Å². The van der Waals surface area contributed by atoms with E-state index in [0.717, 1.165) is 37.3 Å². The normalized spacial score (nSPS) is 25.0. The molecule has 6 nitrogen and oxygen atoms in total. The molecule has 0 amide bonds.